The van der Waals surface area contributed by atoms with Gasteiger partial charge in [0.2, 0.25) is 5.91 Å². The van der Waals surface area contributed by atoms with E-state index in [-0.39, 0.29) is 23.9 Å². The zero-order valence-electron chi connectivity index (χ0n) is 29.0. The van der Waals surface area contributed by atoms with Gasteiger partial charge in [0.05, 0.1) is 16.8 Å². The van der Waals surface area contributed by atoms with Crippen LogP contribution in [-0.2, 0) is 34.6 Å². The number of nitrogens with one attached hydrogen (secondary N) is 2. The number of carboxylic acids is 1. The highest BCUT2D eigenvalue weighted by Crippen LogP contribution is 2.44. The minimum absolute atomic E-state index is 0.168. The van der Waals surface area contributed by atoms with E-state index in [4.69, 9.17) is 10.5 Å². The maximum absolute atomic E-state index is 12.7. The number of hydrogen-bond donors (Lipinski definition) is 7. The van der Waals surface area contributed by atoms with Crippen LogP contribution >= 0.6 is 0 Å². The predicted octanol–water partition coefficient (Wildman–Crippen LogP) is 6.02. The molecule has 0 radical (unpaired) electrons. The van der Waals surface area contributed by atoms with Gasteiger partial charge < -0.3 is 31.3 Å². The fourth-order valence-electron chi connectivity index (χ4n) is 5.20. The number of ether oxygens (including phenoxy) is 1. The van der Waals surface area contributed by atoms with Crippen molar-refractivity contribution >= 4 is 71.7 Å². The van der Waals surface area contributed by atoms with Gasteiger partial charge in [-0.1, -0.05) is 18.2 Å². The van der Waals surface area contributed by atoms with E-state index in [0.29, 0.717) is 28.6 Å². The van der Waals surface area contributed by atoms with Gasteiger partial charge in [-0.3, -0.25) is 13.9 Å². The van der Waals surface area contributed by atoms with Crippen LogP contribution in [0.5, 0.6) is 5.75 Å². The molecule has 2 amide bonds. The highest BCUT2D eigenvalue weighted by Gasteiger charge is 2.27. The van der Waals surface area contributed by atoms with Gasteiger partial charge in [0.25, 0.3) is 20.2 Å². The fraction of sp³-hybridized carbons (Fsp3) is 0.265. The monoisotopic (exact) mass is 771 g/mol. The molecule has 4 rings (SSSR count). The third-order valence-corrected chi connectivity index (χ3v) is 9.51. The van der Waals surface area contributed by atoms with Gasteiger partial charge in [-0.25, -0.2) is 9.59 Å². The van der Waals surface area contributed by atoms with Crippen molar-refractivity contribution in [2.45, 2.75) is 68.9 Å². The normalized spacial score (nSPS) is 12.8. The Hall–Kier alpha value is -5.63. The first-order valence-electron chi connectivity index (χ1n) is 15.6. The third-order valence-electron chi connectivity index (χ3n) is 7.72. The number of nitrogens with zero attached hydrogens (tertiary/aromatic N) is 2. The number of carbonyl (C=O) groups is 3. The fourth-order valence-corrected chi connectivity index (χ4v) is 6.63. The van der Waals surface area contributed by atoms with E-state index < -0.39 is 76.5 Å². The van der Waals surface area contributed by atoms with Crippen LogP contribution < -0.4 is 16.4 Å². The van der Waals surface area contributed by atoms with E-state index in [0.717, 1.165) is 17.2 Å². The molecule has 0 aromatic heterocycles. The predicted molar refractivity (Wildman–Crippen MR) is 194 cm³/mol. The largest absolute Gasteiger partial charge is 0.505 e. The average Bonchev–Trinajstić information content (AvgIpc) is 3.02. The van der Waals surface area contributed by atoms with Crippen molar-refractivity contribution < 1.29 is 55.3 Å². The number of carbonyl (C=O) groups excluding carboxylic acids is 2. The Morgan fingerprint density at radius 3 is 1.96 bits per heavy atom. The van der Waals surface area contributed by atoms with E-state index in [1.165, 1.54) is 6.07 Å². The van der Waals surface area contributed by atoms with Crippen molar-refractivity contribution in [1.29, 1.82) is 0 Å². The SMILES string of the molecule is Cc1cc(-c2ccc(NC(=O)CCC(NC(=O)OC(C)(C)C)C(=O)O)c(C)c2)ccc1N=Nc1ccc2c(S(=O)(=O)O)cc(S(=O)(=O)O)c(N)c2c1O. The maximum atomic E-state index is 12.7. The molecule has 0 saturated heterocycles. The van der Waals surface area contributed by atoms with Gasteiger partial charge in [0.15, 0.2) is 5.75 Å². The molecule has 4 aromatic carbocycles. The van der Waals surface area contributed by atoms with Crippen molar-refractivity contribution in [3.8, 4) is 16.9 Å². The summed E-state index contributed by atoms with van der Waals surface area (Å²) in [6, 6.07) is 11.9. The van der Waals surface area contributed by atoms with E-state index in [9.17, 15) is 50.5 Å². The average molecular weight is 772 g/mol. The Labute approximate surface area is 304 Å². The third kappa shape index (κ3) is 9.83. The van der Waals surface area contributed by atoms with Crippen LogP contribution in [0.25, 0.3) is 21.9 Å². The molecule has 0 spiro atoms. The topological polar surface area (TPSA) is 284 Å². The smallest absolute Gasteiger partial charge is 0.408 e. The van der Waals surface area contributed by atoms with Crippen LogP contribution in [0, 0.1) is 13.8 Å². The molecule has 0 aliphatic heterocycles. The number of fused-ring (bicyclic) bond motifs is 1. The number of carboxylic acid groups (broad SMARTS) is 1. The molecule has 1 atom stereocenters. The summed E-state index contributed by atoms with van der Waals surface area (Å²) < 4.78 is 72.0. The van der Waals surface area contributed by atoms with Gasteiger partial charge in [-0.05, 0) is 99.7 Å². The Morgan fingerprint density at radius 2 is 1.42 bits per heavy atom. The van der Waals surface area contributed by atoms with Crippen molar-refractivity contribution in [2.75, 3.05) is 11.1 Å². The molecule has 53 heavy (non-hydrogen) atoms. The zero-order chi connectivity index (χ0) is 39.6. The first-order chi connectivity index (χ1) is 24.5. The second kappa shape index (κ2) is 15.2. The Morgan fingerprint density at radius 1 is 0.849 bits per heavy atom. The standard InChI is InChI=1S/C34H37N5O12S2/c1-17-14-19(6-9-22(17)36-28(40)13-12-25(32(42)43)37-33(44)51-34(3,4)5)20-7-10-23(18(2)15-20)38-39-24-11-8-21-26(52(45,46)47)16-27(53(48,49)50)30(35)29(21)31(24)41/h6-11,14-16,25,41H,12-13,35H2,1-5H3,(H,36,40)(H,37,44)(H,42,43)(H,45,46,47)(H,48,49,50). The van der Waals surface area contributed by atoms with Gasteiger partial charge in [-0.15, -0.1) is 5.11 Å². The van der Waals surface area contributed by atoms with Crippen molar-refractivity contribution in [2.24, 2.45) is 10.2 Å². The summed E-state index contributed by atoms with van der Waals surface area (Å²) in [5, 5.41) is 32.8. The number of azo groups is 1. The Bertz CT molecular complexity index is 2390. The molecular weight excluding hydrogens is 735 g/mol. The molecule has 0 fully saturated rings. The molecule has 0 heterocycles. The molecule has 0 aliphatic rings. The van der Waals surface area contributed by atoms with Crippen LogP contribution in [-0.4, -0.2) is 65.8 Å². The molecule has 1 unspecified atom stereocenters. The highest BCUT2D eigenvalue weighted by atomic mass is 32.2. The van der Waals surface area contributed by atoms with Gasteiger partial charge >= 0.3 is 12.1 Å². The number of nitrogens with two attached hydrogens (primary N) is 1. The minimum Gasteiger partial charge on any atom is -0.505 e. The van der Waals surface area contributed by atoms with Gasteiger partial charge in [0, 0.05) is 17.5 Å². The Balaban J connectivity index is 1.51. The van der Waals surface area contributed by atoms with Crippen molar-refractivity contribution in [3.63, 3.8) is 0 Å². The highest BCUT2D eigenvalue weighted by molar-refractivity contribution is 7.87. The lowest BCUT2D eigenvalue weighted by Gasteiger charge is -2.22. The number of phenolic OH excluding ortho intramolecular Hbond substituents is 1. The van der Waals surface area contributed by atoms with E-state index >= 15 is 0 Å². The molecule has 4 aromatic rings. The molecule has 0 bridgehead atoms. The lowest BCUT2D eigenvalue weighted by atomic mass is 10.00. The summed E-state index contributed by atoms with van der Waals surface area (Å²) >= 11 is 0. The molecule has 282 valence electrons. The second-order valence-electron chi connectivity index (χ2n) is 12.9. The summed E-state index contributed by atoms with van der Waals surface area (Å²) in [6.45, 7) is 8.43. The van der Waals surface area contributed by atoms with Crippen LogP contribution in [0.15, 0.2) is 74.6 Å². The number of aryl methyl sites for hydroxylation is 2. The molecule has 0 aliphatic carbocycles. The second-order valence-corrected chi connectivity index (χ2v) is 15.7. The first kappa shape index (κ1) is 40.1. The van der Waals surface area contributed by atoms with Gasteiger partial charge in [0.1, 0.15) is 27.1 Å². The lowest BCUT2D eigenvalue weighted by molar-refractivity contribution is -0.139. The number of benzene rings is 4. The molecule has 19 heteroatoms. The van der Waals surface area contributed by atoms with Crippen molar-refractivity contribution in [1.82, 2.24) is 5.32 Å². The number of phenols is 1. The van der Waals surface area contributed by atoms with E-state index in [1.54, 1.807) is 65.0 Å². The number of nitrogen functional groups attached to an aromatic ring is 1. The molecule has 17 nitrogen and oxygen atoms in total. The number of alkyl carbamates (subject to hydrolysis) is 1. The summed E-state index contributed by atoms with van der Waals surface area (Å²) in [7, 11) is -10.1. The van der Waals surface area contributed by atoms with Crippen LogP contribution in [0.2, 0.25) is 0 Å². The minimum atomic E-state index is -5.07. The number of anilines is 2. The summed E-state index contributed by atoms with van der Waals surface area (Å²) in [4.78, 5) is 34.3. The molecule has 0 saturated carbocycles. The summed E-state index contributed by atoms with van der Waals surface area (Å²) in [6.07, 6.45) is -1.26. The van der Waals surface area contributed by atoms with Gasteiger partial charge in [-0.2, -0.15) is 21.9 Å². The lowest BCUT2D eigenvalue weighted by Crippen LogP contribution is -2.43. The summed E-state index contributed by atoms with van der Waals surface area (Å²) in [5.41, 5.74) is 7.94. The summed E-state index contributed by atoms with van der Waals surface area (Å²) in [5.74, 6) is -2.52. The maximum Gasteiger partial charge on any atom is 0.408 e. The van der Waals surface area contributed by atoms with Crippen LogP contribution in [0.3, 0.4) is 0 Å². The van der Waals surface area contributed by atoms with Crippen molar-refractivity contribution in [3.05, 3.63) is 65.7 Å². The van der Waals surface area contributed by atoms with E-state index in [1.807, 2.05) is 6.07 Å². The molecular formula is C34H37N5O12S2. The number of aromatic hydroxyl groups is 1. The number of hydrogen-bond acceptors (Lipinski definition) is 12. The quantitative estimate of drug-likeness (QED) is 0.0522. The number of rotatable bonds is 11. The van der Waals surface area contributed by atoms with Crippen LogP contribution in [0.1, 0.15) is 44.7 Å². The Kier molecular flexibility index (Phi) is 11.5. The zero-order valence-corrected chi connectivity index (χ0v) is 30.7. The molecule has 8 N–H and O–H groups in total. The van der Waals surface area contributed by atoms with Crippen LogP contribution in [0.4, 0.5) is 27.5 Å². The number of aliphatic carboxylic acids is 1. The van der Waals surface area contributed by atoms with E-state index in [2.05, 4.69) is 20.9 Å². The first-order valence-corrected chi connectivity index (χ1v) is 18.5. The number of amides is 2.